The van der Waals surface area contributed by atoms with Crippen molar-refractivity contribution in [1.82, 2.24) is 0 Å². The summed E-state index contributed by atoms with van der Waals surface area (Å²) in [7, 11) is 1.64. The first-order valence-corrected chi connectivity index (χ1v) is 9.38. The molecule has 0 aliphatic rings. The molecule has 0 heterocycles. The van der Waals surface area contributed by atoms with Gasteiger partial charge in [0.15, 0.2) is 5.78 Å². The van der Waals surface area contributed by atoms with Gasteiger partial charge in [-0.2, -0.15) is 0 Å². The van der Waals surface area contributed by atoms with E-state index in [0.29, 0.717) is 5.56 Å². The summed E-state index contributed by atoms with van der Waals surface area (Å²) >= 11 is 7.19. The fourth-order valence-corrected chi connectivity index (χ4v) is 3.71. The van der Waals surface area contributed by atoms with Crippen molar-refractivity contribution in [2.75, 3.05) is 7.11 Å². The lowest BCUT2D eigenvalue weighted by Gasteiger charge is -2.17. The Kier molecular flexibility index (Phi) is 5.36. The highest BCUT2D eigenvalue weighted by molar-refractivity contribution is 9.12. The van der Waals surface area contributed by atoms with E-state index in [9.17, 15) is 4.79 Å². The van der Waals surface area contributed by atoms with Crippen molar-refractivity contribution in [3.63, 3.8) is 0 Å². The van der Waals surface area contributed by atoms with Gasteiger partial charge in [-0.1, -0.05) is 80.4 Å². The van der Waals surface area contributed by atoms with E-state index in [1.54, 1.807) is 7.11 Å². The minimum atomic E-state index is -0.355. The van der Waals surface area contributed by atoms with E-state index in [0.717, 1.165) is 22.1 Å². The number of carbonyl (C=O) groups excluding carboxylic acids is 1. The van der Waals surface area contributed by atoms with Crippen LogP contribution in [0.15, 0.2) is 66.7 Å². The van der Waals surface area contributed by atoms with Gasteiger partial charge < -0.3 is 4.74 Å². The van der Waals surface area contributed by atoms with Crippen LogP contribution in [0.25, 0.3) is 10.8 Å². The minimum absolute atomic E-state index is 0.0541. The number of fused-ring (bicyclic) bond motifs is 1. The summed E-state index contributed by atoms with van der Waals surface area (Å²) in [5, 5.41) is 2.20. The first-order valence-electron chi connectivity index (χ1n) is 7.55. The molecule has 122 valence electrons. The number of ketones is 1. The van der Waals surface area contributed by atoms with Gasteiger partial charge in [0.1, 0.15) is 5.75 Å². The summed E-state index contributed by atoms with van der Waals surface area (Å²) in [5.41, 5.74) is 1.72. The number of benzene rings is 3. The van der Waals surface area contributed by atoms with Crippen molar-refractivity contribution in [3.05, 3.63) is 77.9 Å². The predicted molar refractivity (Wildman–Crippen MR) is 106 cm³/mol. The Hall–Kier alpha value is -1.65. The maximum Gasteiger partial charge on any atom is 0.177 e. The van der Waals surface area contributed by atoms with E-state index in [1.807, 2.05) is 66.7 Å². The second kappa shape index (κ2) is 7.49. The number of alkyl halides is 2. The van der Waals surface area contributed by atoms with Crippen molar-refractivity contribution in [3.8, 4) is 5.75 Å². The standard InChI is InChI=1S/C20H16Br2O2/c1-24-17-10-8-14(9-11-17)18(21)19(22)20(23)16-7-6-13-4-2-3-5-15(13)12-16/h2-12,18-19H,1H3/t18-,19+/m0/s1. The molecule has 0 amide bonds. The lowest BCUT2D eigenvalue weighted by molar-refractivity contribution is 0.0991. The number of carbonyl (C=O) groups is 1. The van der Waals surface area contributed by atoms with Crippen LogP contribution in [0, 0.1) is 0 Å². The van der Waals surface area contributed by atoms with Gasteiger partial charge >= 0.3 is 0 Å². The first kappa shape index (κ1) is 17.2. The van der Waals surface area contributed by atoms with Crippen LogP contribution in [0.1, 0.15) is 20.7 Å². The highest BCUT2D eigenvalue weighted by Crippen LogP contribution is 2.34. The number of methoxy groups -OCH3 is 1. The van der Waals surface area contributed by atoms with Crippen LogP contribution in [0.5, 0.6) is 5.75 Å². The second-order valence-corrected chi connectivity index (χ2v) is 7.48. The monoisotopic (exact) mass is 446 g/mol. The van der Waals surface area contributed by atoms with Crippen LogP contribution in [0.2, 0.25) is 0 Å². The predicted octanol–water partition coefficient (Wildman–Crippen LogP) is 5.93. The molecule has 2 atom stereocenters. The molecule has 0 spiro atoms. The van der Waals surface area contributed by atoms with Crippen LogP contribution in [-0.2, 0) is 0 Å². The van der Waals surface area contributed by atoms with Crippen LogP contribution >= 0.6 is 31.9 Å². The Balaban J connectivity index is 1.83. The number of Topliss-reactive ketones (excluding diaryl/α,β-unsaturated/α-hetero) is 1. The summed E-state index contributed by atoms with van der Waals surface area (Å²) < 4.78 is 5.17. The molecule has 0 aromatic heterocycles. The summed E-state index contributed by atoms with van der Waals surface area (Å²) in [6.45, 7) is 0. The van der Waals surface area contributed by atoms with E-state index in [4.69, 9.17) is 4.74 Å². The molecule has 4 heteroatoms. The smallest absolute Gasteiger partial charge is 0.177 e. The zero-order chi connectivity index (χ0) is 17.1. The lowest BCUT2D eigenvalue weighted by atomic mass is 10.00. The second-order valence-electron chi connectivity index (χ2n) is 5.50. The van der Waals surface area contributed by atoms with E-state index in [-0.39, 0.29) is 15.4 Å². The molecular formula is C20H16Br2O2. The summed E-state index contributed by atoms with van der Waals surface area (Å²) in [6.07, 6.45) is 0. The lowest BCUT2D eigenvalue weighted by Crippen LogP contribution is -2.19. The summed E-state index contributed by atoms with van der Waals surface area (Å²) in [4.78, 5) is 12.3. The average molecular weight is 448 g/mol. The molecular weight excluding hydrogens is 432 g/mol. The maximum atomic E-state index is 12.8. The van der Waals surface area contributed by atoms with Gasteiger partial charge in [0, 0.05) is 5.56 Å². The van der Waals surface area contributed by atoms with Gasteiger partial charge in [-0.3, -0.25) is 4.79 Å². The fraction of sp³-hybridized carbons (Fsp3) is 0.150. The van der Waals surface area contributed by atoms with E-state index >= 15 is 0 Å². The first-order chi connectivity index (χ1) is 11.6. The average Bonchev–Trinajstić information content (AvgIpc) is 2.66. The molecule has 0 saturated heterocycles. The Morgan fingerprint density at radius 2 is 1.58 bits per heavy atom. The SMILES string of the molecule is COc1ccc([C@H](Br)[C@@H](Br)C(=O)c2ccc3ccccc3c2)cc1. The molecule has 0 unspecified atom stereocenters. The molecule has 2 nitrogen and oxygen atoms in total. The molecule has 0 saturated carbocycles. The van der Waals surface area contributed by atoms with Gasteiger partial charge in [0.25, 0.3) is 0 Å². The number of rotatable bonds is 5. The number of hydrogen-bond donors (Lipinski definition) is 0. The fourth-order valence-electron chi connectivity index (χ4n) is 2.59. The van der Waals surface area contributed by atoms with Gasteiger partial charge in [0.2, 0.25) is 0 Å². The van der Waals surface area contributed by atoms with Crippen LogP contribution in [0.4, 0.5) is 0 Å². The van der Waals surface area contributed by atoms with E-state index in [1.165, 1.54) is 0 Å². The van der Waals surface area contributed by atoms with Crippen molar-refractivity contribution in [1.29, 1.82) is 0 Å². The Morgan fingerprint density at radius 1 is 0.917 bits per heavy atom. The van der Waals surface area contributed by atoms with Crippen LogP contribution in [0.3, 0.4) is 0 Å². The molecule has 0 aliphatic carbocycles. The van der Waals surface area contributed by atoms with E-state index in [2.05, 4.69) is 31.9 Å². The Morgan fingerprint density at radius 3 is 2.25 bits per heavy atom. The summed E-state index contributed by atoms with van der Waals surface area (Å²) in [6, 6.07) is 21.5. The molecule has 3 rings (SSSR count). The normalized spacial score (nSPS) is 13.5. The van der Waals surface area contributed by atoms with Crippen molar-refractivity contribution >= 4 is 48.4 Å². The topological polar surface area (TPSA) is 26.3 Å². The van der Waals surface area contributed by atoms with Crippen molar-refractivity contribution < 1.29 is 9.53 Å². The third-order valence-electron chi connectivity index (χ3n) is 3.98. The summed E-state index contributed by atoms with van der Waals surface area (Å²) in [5.74, 6) is 0.851. The van der Waals surface area contributed by atoms with Crippen LogP contribution < -0.4 is 4.74 Å². The molecule has 0 bridgehead atoms. The zero-order valence-corrected chi connectivity index (χ0v) is 16.2. The molecule has 0 fully saturated rings. The number of ether oxygens (including phenoxy) is 1. The molecule has 0 radical (unpaired) electrons. The minimum Gasteiger partial charge on any atom is -0.497 e. The Bertz CT molecular complexity index is 859. The maximum absolute atomic E-state index is 12.8. The third-order valence-corrected chi connectivity index (χ3v) is 6.69. The molecule has 0 N–H and O–H groups in total. The van der Waals surface area contributed by atoms with Gasteiger partial charge in [0.05, 0.1) is 16.8 Å². The highest BCUT2D eigenvalue weighted by Gasteiger charge is 2.26. The van der Waals surface area contributed by atoms with Crippen LogP contribution in [-0.4, -0.2) is 17.7 Å². The Labute approximate surface area is 158 Å². The highest BCUT2D eigenvalue weighted by atomic mass is 79.9. The van der Waals surface area contributed by atoms with Gasteiger partial charge in [-0.05, 0) is 34.5 Å². The largest absolute Gasteiger partial charge is 0.497 e. The number of hydrogen-bond acceptors (Lipinski definition) is 2. The molecule has 3 aromatic rings. The third kappa shape index (κ3) is 3.55. The molecule has 3 aromatic carbocycles. The van der Waals surface area contributed by atoms with Crippen molar-refractivity contribution in [2.45, 2.75) is 9.65 Å². The van der Waals surface area contributed by atoms with Gasteiger partial charge in [-0.15, -0.1) is 0 Å². The van der Waals surface area contributed by atoms with Crippen molar-refractivity contribution in [2.24, 2.45) is 0 Å². The van der Waals surface area contributed by atoms with E-state index < -0.39 is 0 Å². The van der Waals surface area contributed by atoms with Gasteiger partial charge in [-0.25, -0.2) is 0 Å². The molecule has 0 aliphatic heterocycles. The zero-order valence-electron chi connectivity index (χ0n) is 13.1. The number of halogens is 2. The molecule has 24 heavy (non-hydrogen) atoms. The quantitative estimate of drug-likeness (QED) is 0.357.